The normalized spacial score (nSPS) is 17.7. The Morgan fingerprint density at radius 3 is 2.36 bits per heavy atom. The first-order valence-electron chi connectivity index (χ1n) is 22.8. The van der Waals surface area contributed by atoms with E-state index in [1.54, 1.807) is 23.6 Å². The van der Waals surface area contributed by atoms with E-state index in [1.165, 1.54) is 28.5 Å². The second-order valence-electron chi connectivity index (χ2n) is 17.3. The molecule has 0 radical (unpaired) electrons. The first-order valence-corrected chi connectivity index (χ1v) is 23.7. The zero-order chi connectivity index (χ0) is 46.6. The molecule has 17 heteroatoms. The summed E-state index contributed by atoms with van der Waals surface area (Å²) >= 11 is 1.21. The van der Waals surface area contributed by atoms with Crippen LogP contribution in [0.3, 0.4) is 0 Å². The van der Waals surface area contributed by atoms with Crippen molar-refractivity contribution < 1.29 is 38.3 Å². The molecule has 15 nitrogen and oxygen atoms in total. The molecule has 1 aromatic heterocycles. The predicted octanol–water partition coefficient (Wildman–Crippen LogP) is 6.97. The Balaban J connectivity index is 0.697. The van der Waals surface area contributed by atoms with Crippen LogP contribution in [0.5, 0.6) is 5.75 Å². The number of piperazine rings is 1. The number of fused-ring (bicyclic) bond motifs is 2. The number of aromatic hydroxyl groups is 1. The Kier molecular flexibility index (Phi) is 13.4. The van der Waals surface area contributed by atoms with Crippen molar-refractivity contribution in [3.05, 3.63) is 124 Å². The number of thiazole rings is 1. The van der Waals surface area contributed by atoms with Crippen molar-refractivity contribution in [2.24, 2.45) is 0 Å². The van der Waals surface area contributed by atoms with Gasteiger partial charge in [-0.2, -0.15) is 0 Å². The highest BCUT2D eigenvalue weighted by Crippen LogP contribution is 2.38. The van der Waals surface area contributed by atoms with Crippen molar-refractivity contribution in [2.75, 3.05) is 54.8 Å². The number of hydrogen-bond acceptors (Lipinski definition) is 12. The number of phenols is 1. The zero-order valence-electron chi connectivity index (χ0n) is 36.8. The van der Waals surface area contributed by atoms with Crippen molar-refractivity contribution >= 4 is 63.3 Å². The minimum absolute atomic E-state index is 0.0128. The summed E-state index contributed by atoms with van der Waals surface area (Å²) in [5.74, 6) is -3.97. The number of amides is 6. The minimum atomic E-state index is -1.30. The molecule has 346 valence electrons. The highest BCUT2D eigenvalue weighted by Gasteiger charge is 2.46. The topological polar surface area (TPSA) is 185 Å². The molecule has 9 rings (SSSR count). The summed E-state index contributed by atoms with van der Waals surface area (Å²) in [5.41, 5.74) is 5.24. The van der Waals surface area contributed by atoms with E-state index in [1.807, 2.05) is 18.2 Å². The number of carbonyl (C=O) groups excluding carboxylic acids is 6. The van der Waals surface area contributed by atoms with E-state index < -0.39 is 53.3 Å². The van der Waals surface area contributed by atoms with E-state index in [0.29, 0.717) is 22.9 Å². The molecule has 2 saturated heterocycles. The second-order valence-corrected chi connectivity index (χ2v) is 18.2. The standard InChI is InChI=1S/C50H51FN8O7S/c51-34-14-18-41(60)38(29-34)44(46(63)55-50-53-21-27-67-50)58-30-33-11-10-32(28-37(33)47(58)64)31-12-15-35(16-13-31)57-25-23-56(24-26-57)22-6-4-2-1-3-5-20-52-39-9-7-8-36-43(39)49(66)59(48(36)65)40-17-19-42(61)54-45(40)62/h7-16,18,21,27-29,40,44,52,60H,1-6,17,19-20,22-26,30H2,(H,53,55,63)(H,54,61,62). The molecule has 67 heavy (non-hydrogen) atoms. The third-order valence-corrected chi connectivity index (χ3v) is 13.8. The van der Waals surface area contributed by atoms with Gasteiger partial charge in [0.05, 0.1) is 11.1 Å². The van der Waals surface area contributed by atoms with Gasteiger partial charge in [-0.1, -0.05) is 56.0 Å². The van der Waals surface area contributed by atoms with Gasteiger partial charge in [-0.25, -0.2) is 9.37 Å². The third kappa shape index (κ3) is 9.65. The summed E-state index contributed by atoms with van der Waals surface area (Å²) in [6, 6.07) is 20.2. The number of anilines is 3. The summed E-state index contributed by atoms with van der Waals surface area (Å²) in [7, 11) is 0. The third-order valence-electron chi connectivity index (χ3n) is 13.1. The van der Waals surface area contributed by atoms with E-state index in [-0.39, 0.29) is 41.8 Å². The zero-order valence-corrected chi connectivity index (χ0v) is 37.7. The van der Waals surface area contributed by atoms with Gasteiger partial charge in [0, 0.05) is 79.8 Å². The van der Waals surface area contributed by atoms with Gasteiger partial charge < -0.3 is 20.2 Å². The summed E-state index contributed by atoms with van der Waals surface area (Å²) in [5, 5.41) is 21.0. The molecule has 4 aliphatic heterocycles. The van der Waals surface area contributed by atoms with Gasteiger partial charge in [0.25, 0.3) is 23.6 Å². The Bertz CT molecular complexity index is 2710. The number of aromatic nitrogens is 1. The molecule has 2 unspecified atom stereocenters. The van der Waals surface area contributed by atoms with Gasteiger partial charge in [0.2, 0.25) is 11.8 Å². The molecular weight excluding hydrogens is 876 g/mol. The lowest BCUT2D eigenvalue weighted by atomic mass is 10.00. The van der Waals surface area contributed by atoms with Gasteiger partial charge in [0.15, 0.2) is 5.13 Å². The fraction of sp³-hybridized carbons (Fsp3) is 0.340. The van der Waals surface area contributed by atoms with Crippen LogP contribution in [0.15, 0.2) is 90.4 Å². The summed E-state index contributed by atoms with van der Waals surface area (Å²) in [4.78, 5) is 89.5. The molecule has 5 aromatic rings. The lowest BCUT2D eigenvalue weighted by molar-refractivity contribution is -0.136. The molecular formula is C50H51FN8O7S. The average Bonchev–Trinajstić information content (AvgIpc) is 4.03. The summed E-state index contributed by atoms with van der Waals surface area (Å²) < 4.78 is 14.4. The maximum atomic E-state index is 14.4. The number of phenolic OH excluding ortho intramolecular Hbond substituents is 1. The predicted molar refractivity (Wildman–Crippen MR) is 251 cm³/mol. The van der Waals surface area contributed by atoms with E-state index in [4.69, 9.17) is 0 Å². The highest BCUT2D eigenvalue weighted by molar-refractivity contribution is 7.13. The Hall–Kier alpha value is -6.98. The maximum absolute atomic E-state index is 14.4. The van der Waals surface area contributed by atoms with Gasteiger partial charge in [-0.15, -0.1) is 11.3 Å². The van der Waals surface area contributed by atoms with Crippen LogP contribution in [-0.2, 0) is 20.9 Å². The number of nitrogens with zero attached hydrogens (tertiary/aromatic N) is 5. The van der Waals surface area contributed by atoms with Crippen LogP contribution >= 0.6 is 11.3 Å². The molecule has 5 heterocycles. The number of rotatable bonds is 17. The number of benzene rings is 4. The van der Waals surface area contributed by atoms with E-state index in [9.17, 15) is 38.3 Å². The number of unbranched alkanes of at least 4 members (excludes halogenated alkanes) is 5. The number of nitrogens with one attached hydrogen (secondary N) is 3. The van der Waals surface area contributed by atoms with Gasteiger partial charge >= 0.3 is 0 Å². The van der Waals surface area contributed by atoms with E-state index in [2.05, 4.69) is 55.0 Å². The quantitative estimate of drug-likeness (QED) is 0.0558. The van der Waals surface area contributed by atoms with Gasteiger partial charge in [-0.3, -0.25) is 49.2 Å². The highest BCUT2D eigenvalue weighted by atomic mass is 32.1. The van der Waals surface area contributed by atoms with Crippen LogP contribution in [0.4, 0.5) is 20.9 Å². The molecule has 2 atom stereocenters. The molecule has 0 spiro atoms. The molecule has 4 aromatic carbocycles. The second kappa shape index (κ2) is 19.9. The smallest absolute Gasteiger partial charge is 0.264 e. The molecule has 4 N–H and O–H groups in total. The number of piperidine rings is 1. The number of halogens is 1. The first-order chi connectivity index (χ1) is 32.5. The maximum Gasteiger partial charge on any atom is 0.264 e. The fourth-order valence-electron chi connectivity index (χ4n) is 9.51. The van der Waals surface area contributed by atoms with Crippen molar-refractivity contribution in [1.82, 2.24) is 25.0 Å². The lowest BCUT2D eigenvalue weighted by Gasteiger charge is -2.36. The average molecular weight is 927 g/mol. The SMILES string of the molecule is O=C1CCC(N2C(=O)c3cccc(NCCCCCCCCN4CCN(c5ccc(-c6ccc7c(c6)C(=O)N(C(C(=O)Nc6nccs6)c6cc(F)ccc6O)C7)cc5)CC4)c3C2=O)C(=O)N1. The van der Waals surface area contributed by atoms with Crippen molar-refractivity contribution in [3.63, 3.8) is 0 Å². The van der Waals surface area contributed by atoms with Crippen LogP contribution in [0.1, 0.15) is 99.6 Å². The minimum Gasteiger partial charge on any atom is -0.508 e. The first kappa shape index (κ1) is 45.2. The van der Waals surface area contributed by atoms with Crippen LogP contribution in [0, 0.1) is 5.82 Å². The van der Waals surface area contributed by atoms with Gasteiger partial charge in [0.1, 0.15) is 23.7 Å². The molecule has 6 amide bonds. The largest absolute Gasteiger partial charge is 0.508 e. The van der Waals surface area contributed by atoms with Crippen molar-refractivity contribution in [1.29, 1.82) is 0 Å². The van der Waals surface area contributed by atoms with Crippen LogP contribution in [-0.4, -0.2) is 106 Å². The Labute approximate surface area is 391 Å². The Morgan fingerprint density at radius 1 is 0.836 bits per heavy atom. The molecule has 2 fully saturated rings. The summed E-state index contributed by atoms with van der Waals surface area (Å²) in [6.45, 7) is 5.64. The van der Waals surface area contributed by atoms with E-state index >= 15 is 0 Å². The summed E-state index contributed by atoms with van der Waals surface area (Å²) in [6.07, 6.45) is 8.24. The Morgan fingerprint density at radius 2 is 1.60 bits per heavy atom. The monoisotopic (exact) mass is 926 g/mol. The number of carbonyl (C=O) groups is 6. The number of hydrogen-bond donors (Lipinski definition) is 4. The fourth-order valence-corrected chi connectivity index (χ4v) is 10.0. The molecule has 0 bridgehead atoms. The van der Waals surface area contributed by atoms with Crippen LogP contribution in [0.25, 0.3) is 11.1 Å². The molecule has 0 aliphatic carbocycles. The lowest BCUT2D eigenvalue weighted by Crippen LogP contribution is -2.54. The van der Waals surface area contributed by atoms with Crippen LogP contribution in [0.2, 0.25) is 0 Å². The van der Waals surface area contributed by atoms with Gasteiger partial charge in [-0.05, 0) is 91.0 Å². The molecule has 4 aliphatic rings. The van der Waals surface area contributed by atoms with Crippen molar-refractivity contribution in [2.45, 2.75) is 70.0 Å². The number of imide groups is 2. The molecule has 0 saturated carbocycles. The van der Waals surface area contributed by atoms with E-state index in [0.717, 1.165) is 111 Å². The van der Waals surface area contributed by atoms with Crippen molar-refractivity contribution in [3.8, 4) is 16.9 Å². The van der Waals surface area contributed by atoms with Crippen LogP contribution < -0.4 is 20.9 Å².